The molecular formula is C17H18ClNO5S2. The summed E-state index contributed by atoms with van der Waals surface area (Å²) in [7, 11) is -7.65. The van der Waals surface area contributed by atoms with Crippen LogP contribution in [0, 0.1) is 6.92 Å². The summed E-state index contributed by atoms with van der Waals surface area (Å²) in [5.41, 5.74) is 0.492. The predicted molar refractivity (Wildman–Crippen MR) is 97.7 cm³/mol. The van der Waals surface area contributed by atoms with Crippen LogP contribution in [0.5, 0.6) is 0 Å². The molecule has 0 aromatic heterocycles. The molecule has 26 heavy (non-hydrogen) atoms. The lowest BCUT2D eigenvalue weighted by atomic mass is 10.2. The molecule has 0 saturated carbocycles. The van der Waals surface area contributed by atoms with Crippen molar-refractivity contribution in [1.29, 1.82) is 0 Å². The van der Waals surface area contributed by atoms with Gasteiger partial charge in [0.1, 0.15) is 0 Å². The SMILES string of the molecule is Cc1ccc(S(=O)(=O)c2ccc(Cl)cc2)cc1S(=O)(=O)N1CCOCC1. The summed E-state index contributed by atoms with van der Waals surface area (Å²) < 4.78 is 58.0. The molecule has 1 saturated heterocycles. The number of rotatable bonds is 4. The van der Waals surface area contributed by atoms with Crippen LogP contribution in [0.1, 0.15) is 5.56 Å². The Bertz CT molecular complexity index is 1010. The van der Waals surface area contributed by atoms with E-state index in [0.717, 1.165) is 0 Å². The predicted octanol–water partition coefficient (Wildman–Crippen LogP) is 2.50. The first-order valence-corrected chi connectivity index (χ1v) is 11.2. The molecule has 0 atom stereocenters. The van der Waals surface area contributed by atoms with Gasteiger partial charge >= 0.3 is 0 Å². The fourth-order valence-electron chi connectivity index (χ4n) is 2.70. The second-order valence-electron chi connectivity index (χ2n) is 5.90. The maximum atomic E-state index is 12.9. The molecule has 140 valence electrons. The fourth-order valence-corrected chi connectivity index (χ4v) is 5.85. The molecule has 0 N–H and O–H groups in total. The summed E-state index contributed by atoms with van der Waals surface area (Å²) in [5, 5.41) is 0.420. The van der Waals surface area contributed by atoms with E-state index in [1.54, 1.807) is 6.92 Å². The van der Waals surface area contributed by atoms with Gasteiger partial charge in [-0.15, -0.1) is 0 Å². The smallest absolute Gasteiger partial charge is 0.243 e. The van der Waals surface area contributed by atoms with E-state index < -0.39 is 19.9 Å². The van der Waals surface area contributed by atoms with E-state index in [1.807, 2.05) is 0 Å². The zero-order valence-electron chi connectivity index (χ0n) is 14.1. The molecule has 1 heterocycles. The van der Waals surface area contributed by atoms with Gasteiger partial charge in [0.2, 0.25) is 19.9 Å². The number of sulfonamides is 1. The minimum atomic E-state index is -3.85. The molecule has 0 aliphatic carbocycles. The van der Waals surface area contributed by atoms with Gasteiger partial charge in [0.05, 0.1) is 27.9 Å². The Morgan fingerprint density at radius 3 is 2.12 bits per heavy atom. The Hall–Kier alpha value is -1.45. The van der Waals surface area contributed by atoms with Crippen molar-refractivity contribution in [1.82, 2.24) is 4.31 Å². The zero-order chi connectivity index (χ0) is 18.9. The lowest BCUT2D eigenvalue weighted by Crippen LogP contribution is -2.40. The Kier molecular flexibility index (Phi) is 5.41. The first-order chi connectivity index (χ1) is 12.2. The van der Waals surface area contributed by atoms with Crippen LogP contribution in [0.15, 0.2) is 57.2 Å². The van der Waals surface area contributed by atoms with Gasteiger partial charge in [-0.3, -0.25) is 0 Å². The lowest BCUT2D eigenvalue weighted by Gasteiger charge is -2.26. The highest BCUT2D eigenvalue weighted by molar-refractivity contribution is 7.91. The molecule has 9 heteroatoms. The largest absolute Gasteiger partial charge is 0.379 e. The normalized spacial score (nSPS) is 16.5. The first-order valence-electron chi connectivity index (χ1n) is 7.92. The van der Waals surface area contributed by atoms with Gasteiger partial charge in [-0.25, -0.2) is 16.8 Å². The van der Waals surface area contributed by atoms with Crippen LogP contribution in [0.4, 0.5) is 0 Å². The number of benzene rings is 2. The van der Waals surface area contributed by atoms with Crippen LogP contribution >= 0.6 is 11.6 Å². The number of sulfone groups is 1. The summed E-state index contributed by atoms with van der Waals surface area (Å²) in [6.07, 6.45) is 0. The molecule has 2 aromatic rings. The standard InChI is InChI=1S/C17H18ClNO5S2/c1-13-2-5-16(25(20,21)15-6-3-14(18)4-7-15)12-17(13)26(22,23)19-8-10-24-11-9-19/h2-7,12H,8-11H2,1H3. The number of halogens is 1. The highest BCUT2D eigenvalue weighted by Crippen LogP contribution is 2.28. The molecule has 2 aromatic carbocycles. The van der Waals surface area contributed by atoms with Gasteiger partial charge < -0.3 is 4.74 Å². The van der Waals surface area contributed by atoms with Crippen LogP contribution in [0.2, 0.25) is 5.02 Å². The molecule has 0 bridgehead atoms. The van der Waals surface area contributed by atoms with E-state index in [2.05, 4.69) is 0 Å². The van der Waals surface area contributed by atoms with Crippen molar-refractivity contribution in [3.05, 3.63) is 53.1 Å². The minimum Gasteiger partial charge on any atom is -0.379 e. The summed E-state index contributed by atoms with van der Waals surface area (Å²) >= 11 is 5.81. The highest BCUT2D eigenvalue weighted by Gasteiger charge is 2.29. The molecule has 0 spiro atoms. The molecule has 3 rings (SSSR count). The van der Waals surface area contributed by atoms with Gasteiger partial charge in [0, 0.05) is 18.1 Å². The molecular weight excluding hydrogens is 398 g/mol. The Morgan fingerprint density at radius 2 is 1.50 bits per heavy atom. The monoisotopic (exact) mass is 415 g/mol. The number of nitrogens with zero attached hydrogens (tertiary/aromatic N) is 1. The van der Waals surface area contributed by atoms with Crippen LogP contribution in [0.3, 0.4) is 0 Å². The van der Waals surface area contributed by atoms with Crippen molar-refractivity contribution < 1.29 is 21.6 Å². The first kappa shape index (κ1) is 19.3. The third kappa shape index (κ3) is 3.65. The minimum absolute atomic E-state index is 0.00515. The summed E-state index contributed by atoms with van der Waals surface area (Å²) in [6.45, 7) is 2.78. The third-order valence-corrected chi connectivity index (χ3v) is 8.24. The average Bonchev–Trinajstić information content (AvgIpc) is 2.63. The molecule has 1 fully saturated rings. The molecule has 1 aliphatic heterocycles. The van der Waals surface area contributed by atoms with E-state index in [0.29, 0.717) is 23.8 Å². The quantitative estimate of drug-likeness (QED) is 0.766. The fraction of sp³-hybridized carbons (Fsp3) is 0.294. The Labute approximate surface area is 158 Å². The molecule has 6 nitrogen and oxygen atoms in total. The summed E-state index contributed by atoms with van der Waals surface area (Å²) in [6, 6.07) is 9.90. The second kappa shape index (κ2) is 7.28. The maximum absolute atomic E-state index is 12.9. The second-order valence-corrected chi connectivity index (χ2v) is 10.2. The summed E-state index contributed by atoms with van der Waals surface area (Å²) in [4.78, 5) is -0.0211. The van der Waals surface area contributed by atoms with Crippen molar-refractivity contribution in [3.63, 3.8) is 0 Å². The topological polar surface area (TPSA) is 80.8 Å². The van der Waals surface area contributed by atoms with Crippen LogP contribution in [0.25, 0.3) is 0 Å². The van der Waals surface area contributed by atoms with Crippen LogP contribution in [-0.4, -0.2) is 47.4 Å². The Morgan fingerprint density at radius 1 is 0.923 bits per heavy atom. The maximum Gasteiger partial charge on any atom is 0.243 e. The van der Waals surface area contributed by atoms with Crippen molar-refractivity contribution in [2.45, 2.75) is 21.6 Å². The van der Waals surface area contributed by atoms with Crippen molar-refractivity contribution >= 4 is 31.5 Å². The van der Waals surface area contributed by atoms with Crippen LogP contribution < -0.4 is 0 Å². The zero-order valence-corrected chi connectivity index (χ0v) is 16.4. The third-order valence-electron chi connectivity index (χ3n) is 4.18. The number of ether oxygens (including phenoxy) is 1. The van der Waals surface area contributed by atoms with Crippen molar-refractivity contribution in [3.8, 4) is 0 Å². The van der Waals surface area contributed by atoms with Crippen molar-refractivity contribution in [2.75, 3.05) is 26.3 Å². The molecule has 0 radical (unpaired) electrons. The van der Waals surface area contributed by atoms with Crippen LogP contribution in [-0.2, 0) is 24.6 Å². The number of aryl methyl sites for hydroxylation is 1. The number of hydrogen-bond acceptors (Lipinski definition) is 5. The van der Waals surface area contributed by atoms with E-state index in [9.17, 15) is 16.8 Å². The van der Waals surface area contributed by atoms with E-state index in [-0.39, 0.29) is 27.8 Å². The number of morpholine rings is 1. The molecule has 0 unspecified atom stereocenters. The molecule has 1 aliphatic rings. The molecule has 0 amide bonds. The van der Waals surface area contributed by atoms with Gasteiger partial charge in [0.25, 0.3) is 0 Å². The van der Waals surface area contributed by atoms with Gasteiger partial charge in [-0.05, 0) is 48.9 Å². The van der Waals surface area contributed by atoms with E-state index >= 15 is 0 Å². The number of hydrogen-bond donors (Lipinski definition) is 0. The highest BCUT2D eigenvalue weighted by atomic mass is 35.5. The average molecular weight is 416 g/mol. The van der Waals surface area contributed by atoms with Gasteiger partial charge in [-0.2, -0.15) is 4.31 Å². The Balaban J connectivity index is 2.06. The lowest BCUT2D eigenvalue weighted by molar-refractivity contribution is 0.0730. The van der Waals surface area contributed by atoms with Gasteiger partial charge in [-0.1, -0.05) is 17.7 Å². The summed E-state index contributed by atoms with van der Waals surface area (Å²) in [5.74, 6) is 0. The van der Waals surface area contributed by atoms with E-state index in [4.69, 9.17) is 16.3 Å². The van der Waals surface area contributed by atoms with E-state index in [1.165, 1.54) is 46.8 Å². The van der Waals surface area contributed by atoms with Gasteiger partial charge in [0.15, 0.2) is 0 Å². The van der Waals surface area contributed by atoms with Crippen molar-refractivity contribution in [2.24, 2.45) is 0 Å².